The third-order valence-corrected chi connectivity index (χ3v) is 7.47. The zero-order valence-corrected chi connectivity index (χ0v) is 23.7. The van der Waals surface area contributed by atoms with Gasteiger partial charge in [-0.1, -0.05) is 69.2 Å². The van der Waals surface area contributed by atoms with Gasteiger partial charge in [-0.2, -0.15) is 0 Å². The molecule has 1 amide bonds. The van der Waals surface area contributed by atoms with Gasteiger partial charge in [-0.15, -0.1) is 0 Å². The summed E-state index contributed by atoms with van der Waals surface area (Å²) in [7, 11) is -4.32. The van der Waals surface area contributed by atoms with Gasteiger partial charge in [0, 0.05) is 16.7 Å². The standard InChI is InChI=1S/C28H39NO6S/c1-15(2)19-13-18(14-20(16(3)4)23(19)26(32)33)36(34,35)29-25(31)17-11-21(27(5,6)7)24(30)22(12-17)28(8,9)10/h11-16,30H,1-10H3,(H,29,31)(H,32,33). The van der Waals surface area contributed by atoms with E-state index >= 15 is 0 Å². The molecular weight excluding hydrogens is 478 g/mol. The maximum absolute atomic E-state index is 13.3. The van der Waals surface area contributed by atoms with Gasteiger partial charge in [0.1, 0.15) is 5.75 Å². The van der Waals surface area contributed by atoms with E-state index in [0.29, 0.717) is 22.3 Å². The fourth-order valence-corrected chi connectivity index (χ4v) is 5.16. The molecule has 198 valence electrons. The Morgan fingerprint density at radius 1 is 0.806 bits per heavy atom. The Labute approximate surface area is 215 Å². The van der Waals surface area contributed by atoms with Crippen molar-refractivity contribution in [1.29, 1.82) is 0 Å². The number of hydrogen-bond acceptors (Lipinski definition) is 5. The Hall–Kier alpha value is -2.87. The molecule has 2 rings (SSSR count). The molecule has 0 fully saturated rings. The summed E-state index contributed by atoms with van der Waals surface area (Å²) < 4.78 is 28.8. The van der Waals surface area contributed by atoms with Crippen LogP contribution >= 0.6 is 0 Å². The van der Waals surface area contributed by atoms with Crippen molar-refractivity contribution in [3.05, 3.63) is 57.6 Å². The Kier molecular flexibility index (Phi) is 8.06. The second-order valence-corrected chi connectivity index (χ2v) is 13.6. The van der Waals surface area contributed by atoms with Crippen LogP contribution in [0.3, 0.4) is 0 Å². The molecule has 7 nitrogen and oxygen atoms in total. The summed E-state index contributed by atoms with van der Waals surface area (Å²) in [5.41, 5.74) is 1.05. The average molecular weight is 518 g/mol. The molecule has 0 atom stereocenters. The molecule has 0 aliphatic rings. The van der Waals surface area contributed by atoms with Gasteiger partial charge in [0.05, 0.1) is 10.5 Å². The lowest BCUT2D eigenvalue weighted by molar-refractivity contribution is 0.0693. The van der Waals surface area contributed by atoms with E-state index in [1.165, 1.54) is 24.3 Å². The van der Waals surface area contributed by atoms with Crippen LogP contribution in [0.5, 0.6) is 5.75 Å². The Morgan fingerprint density at radius 2 is 1.19 bits per heavy atom. The van der Waals surface area contributed by atoms with Crippen molar-refractivity contribution < 1.29 is 28.2 Å². The van der Waals surface area contributed by atoms with Crippen LogP contribution in [0.4, 0.5) is 0 Å². The van der Waals surface area contributed by atoms with Crippen molar-refractivity contribution in [2.45, 2.75) is 96.8 Å². The fourth-order valence-electron chi connectivity index (χ4n) is 4.12. The average Bonchev–Trinajstić information content (AvgIpc) is 2.70. The number of aromatic carboxylic acids is 1. The number of rotatable bonds is 6. The molecule has 36 heavy (non-hydrogen) atoms. The second kappa shape index (κ2) is 9.88. The van der Waals surface area contributed by atoms with Crippen molar-refractivity contribution in [2.24, 2.45) is 0 Å². The van der Waals surface area contributed by atoms with E-state index in [9.17, 15) is 28.2 Å². The number of aromatic hydroxyl groups is 1. The topological polar surface area (TPSA) is 121 Å². The summed E-state index contributed by atoms with van der Waals surface area (Å²) in [4.78, 5) is 25.1. The van der Waals surface area contributed by atoms with E-state index in [-0.39, 0.29) is 33.6 Å². The molecule has 0 heterocycles. The first-order chi connectivity index (χ1) is 16.2. The van der Waals surface area contributed by atoms with E-state index in [2.05, 4.69) is 4.72 Å². The first kappa shape index (κ1) is 29.4. The number of carboxylic acid groups (broad SMARTS) is 1. The predicted molar refractivity (Wildman–Crippen MR) is 142 cm³/mol. The van der Waals surface area contributed by atoms with Crippen LogP contribution in [0.15, 0.2) is 29.2 Å². The first-order valence-corrected chi connectivity index (χ1v) is 13.5. The van der Waals surface area contributed by atoms with E-state index in [1.54, 1.807) is 27.7 Å². The number of amides is 1. The van der Waals surface area contributed by atoms with Gasteiger partial charge in [-0.3, -0.25) is 4.79 Å². The van der Waals surface area contributed by atoms with Crippen molar-refractivity contribution in [1.82, 2.24) is 4.72 Å². The maximum atomic E-state index is 13.3. The van der Waals surface area contributed by atoms with E-state index in [4.69, 9.17) is 0 Å². The molecule has 0 bridgehead atoms. The highest BCUT2D eigenvalue weighted by Crippen LogP contribution is 2.40. The number of carbonyl (C=O) groups is 2. The Morgan fingerprint density at radius 3 is 1.50 bits per heavy atom. The smallest absolute Gasteiger partial charge is 0.336 e. The van der Waals surface area contributed by atoms with Crippen LogP contribution in [0.25, 0.3) is 0 Å². The number of phenols is 1. The van der Waals surface area contributed by atoms with Crippen molar-refractivity contribution >= 4 is 21.9 Å². The minimum absolute atomic E-state index is 0.0850. The number of phenolic OH excluding ortho intramolecular Hbond substituents is 1. The maximum Gasteiger partial charge on any atom is 0.336 e. The zero-order valence-electron chi connectivity index (χ0n) is 22.9. The Balaban J connectivity index is 2.67. The largest absolute Gasteiger partial charge is 0.507 e. The van der Waals surface area contributed by atoms with Gasteiger partial charge in [-0.05, 0) is 58.1 Å². The molecule has 3 N–H and O–H groups in total. The van der Waals surface area contributed by atoms with Gasteiger partial charge in [0.2, 0.25) is 0 Å². The molecular formula is C28H39NO6S. The number of sulfonamides is 1. The third-order valence-electron chi connectivity index (χ3n) is 6.16. The molecule has 0 aromatic heterocycles. The highest BCUT2D eigenvalue weighted by molar-refractivity contribution is 7.90. The summed E-state index contributed by atoms with van der Waals surface area (Å²) in [6.07, 6.45) is 0. The quantitative estimate of drug-likeness (QED) is 0.429. The molecule has 0 saturated heterocycles. The van der Waals surface area contributed by atoms with Gasteiger partial charge in [0.25, 0.3) is 15.9 Å². The normalized spacial score (nSPS) is 12.8. The van der Waals surface area contributed by atoms with Crippen LogP contribution in [0, 0.1) is 0 Å². The van der Waals surface area contributed by atoms with Crippen LogP contribution in [-0.4, -0.2) is 30.5 Å². The summed E-state index contributed by atoms with van der Waals surface area (Å²) in [5.74, 6) is -2.36. The lowest BCUT2D eigenvalue weighted by Crippen LogP contribution is -2.32. The summed E-state index contributed by atoms with van der Waals surface area (Å²) in [6.45, 7) is 18.6. The van der Waals surface area contributed by atoms with Crippen molar-refractivity contribution in [3.63, 3.8) is 0 Å². The molecule has 0 aliphatic heterocycles. The fraction of sp³-hybridized carbons (Fsp3) is 0.500. The second-order valence-electron chi connectivity index (χ2n) is 11.9. The highest BCUT2D eigenvalue weighted by Gasteiger charge is 2.30. The van der Waals surface area contributed by atoms with Crippen molar-refractivity contribution in [3.8, 4) is 5.75 Å². The SMILES string of the molecule is CC(C)c1cc(S(=O)(=O)NC(=O)c2cc(C(C)(C)C)c(O)c(C(C)(C)C)c2)cc(C(C)C)c1C(=O)O. The first-order valence-electron chi connectivity index (χ1n) is 12.0. The molecule has 2 aromatic rings. The predicted octanol–water partition coefficient (Wildman–Crippen LogP) is 6.05. The van der Waals surface area contributed by atoms with E-state index < -0.39 is 32.7 Å². The van der Waals surface area contributed by atoms with E-state index in [1.807, 2.05) is 41.5 Å². The number of nitrogens with one attached hydrogen (secondary N) is 1. The summed E-state index contributed by atoms with van der Waals surface area (Å²) >= 11 is 0. The van der Waals surface area contributed by atoms with Crippen LogP contribution in [0.2, 0.25) is 0 Å². The van der Waals surface area contributed by atoms with Crippen LogP contribution in [-0.2, 0) is 20.9 Å². The van der Waals surface area contributed by atoms with Gasteiger partial charge < -0.3 is 10.2 Å². The number of carboxylic acids is 1. The molecule has 0 radical (unpaired) electrons. The number of benzene rings is 2. The highest BCUT2D eigenvalue weighted by atomic mass is 32.2. The third kappa shape index (κ3) is 6.09. The summed E-state index contributed by atoms with van der Waals surface area (Å²) in [5, 5.41) is 20.7. The minimum Gasteiger partial charge on any atom is -0.507 e. The molecule has 0 unspecified atom stereocenters. The lowest BCUT2D eigenvalue weighted by Gasteiger charge is -2.28. The summed E-state index contributed by atoms with van der Waals surface area (Å²) in [6, 6.07) is 5.69. The monoisotopic (exact) mass is 517 g/mol. The van der Waals surface area contributed by atoms with Crippen LogP contribution < -0.4 is 4.72 Å². The number of hydrogen-bond donors (Lipinski definition) is 3. The minimum atomic E-state index is -4.32. The molecule has 8 heteroatoms. The molecule has 0 spiro atoms. The molecule has 0 saturated carbocycles. The van der Waals surface area contributed by atoms with Crippen molar-refractivity contribution in [2.75, 3.05) is 0 Å². The lowest BCUT2D eigenvalue weighted by atomic mass is 9.78. The molecule has 2 aromatic carbocycles. The Bertz CT molecular complexity index is 1230. The molecule has 0 aliphatic carbocycles. The van der Waals surface area contributed by atoms with E-state index in [0.717, 1.165) is 0 Å². The van der Waals surface area contributed by atoms with Gasteiger partial charge in [-0.25, -0.2) is 17.9 Å². The number of carbonyl (C=O) groups excluding carboxylic acids is 1. The zero-order chi connectivity index (χ0) is 28.0. The van der Waals surface area contributed by atoms with Gasteiger partial charge >= 0.3 is 5.97 Å². The van der Waals surface area contributed by atoms with Gasteiger partial charge in [0.15, 0.2) is 0 Å². The van der Waals surface area contributed by atoms with Crippen LogP contribution in [0.1, 0.15) is 124 Å².